The number of fused-ring (bicyclic) bond motifs is 1. The van der Waals surface area contributed by atoms with Gasteiger partial charge < -0.3 is 9.88 Å². The Balaban J connectivity index is 1.47. The molecule has 0 unspecified atom stereocenters. The predicted molar refractivity (Wildman–Crippen MR) is 79.8 cm³/mol. The van der Waals surface area contributed by atoms with Gasteiger partial charge in [-0.1, -0.05) is 12.1 Å². The lowest BCUT2D eigenvalue weighted by Gasteiger charge is -2.27. The van der Waals surface area contributed by atoms with Crippen LogP contribution in [-0.4, -0.2) is 21.5 Å². The molecule has 22 heavy (non-hydrogen) atoms. The van der Waals surface area contributed by atoms with Crippen molar-refractivity contribution in [3.05, 3.63) is 53.9 Å². The number of hydrogen-bond donors (Lipinski definition) is 1. The van der Waals surface area contributed by atoms with E-state index in [9.17, 15) is 9.18 Å². The van der Waals surface area contributed by atoms with Crippen LogP contribution < -0.4 is 5.32 Å². The van der Waals surface area contributed by atoms with Crippen LogP contribution in [0.25, 0.3) is 0 Å². The van der Waals surface area contributed by atoms with Gasteiger partial charge in [0.2, 0.25) is 5.91 Å². The fourth-order valence-corrected chi connectivity index (χ4v) is 3.35. The van der Waals surface area contributed by atoms with Crippen molar-refractivity contribution < 1.29 is 9.18 Å². The van der Waals surface area contributed by atoms with E-state index in [1.807, 2.05) is 6.20 Å². The molecule has 1 aliphatic carbocycles. The van der Waals surface area contributed by atoms with Crippen LogP contribution in [0.3, 0.4) is 0 Å². The highest BCUT2D eigenvalue weighted by Gasteiger charge is 2.51. The number of rotatable bonds is 3. The van der Waals surface area contributed by atoms with Gasteiger partial charge in [0, 0.05) is 31.4 Å². The van der Waals surface area contributed by atoms with E-state index in [-0.39, 0.29) is 17.8 Å². The summed E-state index contributed by atoms with van der Waals surface area (Å²) in [4.78, 5) is 17.0. The molecule has 5 heteroatoms. The van der Waals surface area contributed by atoms with Crippen molar-refractivity contribution in [1.82, 2.24) is 14.9 Å². The minimum absolute atomic E-state index is 0.0765. The summed E-state index contributed by atoms with van der Waals surface area (Å²) >= 11 is 0. The minimum Gasteiger partial charge on any atom is -0.351 e. The first-order chi connectivity index (χ1) is 10.7. The molecule has 0 radical (unpaired) electrons. The highest BCUT2D eigenvalue weighted by atomic mass is 19.1. The monoisotopic (exact) mass is 299 g/mol. The third-order valence-corrected chi connectivity index (χ3v) is 4.85. The quantitative estimate of drug-likeness (QED) is 0.944. The van der Waals surface area contributed by atoms with Crippen LogP contribution in [0.1, 0.15) is 30.7 Å². The Hall–Kier alpha value is -2.17. The van der Waals surface area contributed by atoms with E-state index in [2.05, 4.69) is 14.9 Å². The summed E-state index contributed by atoms with van der Waals surface area (Å²) in [5.41, 5.74) is 0.480. The van der Waals surface area contributed by atoms with E-state index in [1.54, 1.807) is 18.3 Å². The number of imidazole rings is 1. The molecule has 2 aliphatic rings. The van der Waals surface area contributed by atoms with Crippen LogP contribution in [0.2, 0.25) is 0 Å². The fourth-order valence-electron chi connectivity index (χ4n) is 3.35. The molecule has 114 valence electrons. The Morgan fingerprint density at radius 3 is 2.82 bits per heavy atom. The van der Waals surface area contributed by atoms with Crippen LogP contribution in [0.5, 0.6) is 0 Å². The molecule has 1 N–H and O–H groups in total. The van der Waals surface area contributed by atoms with Crippen LogP contribution in [0, 0.1) is 5.82 Å². The number of aromatic nitrogens is 2. The molecular formula is C17H18FN3O. The van der Waals surface area contributed by atoms with Crippen molar-refractivity contribution in [1.29, 1.82) is 0 Å². The Morgan fingerprint density at radius 1 is 1.32 bits per heavy atom. The Labute approximate surface area is 128 Å². The van der Waals surface area contributed by atoms with Gasteiger partial charge in [-0.05, 0) is 37.0 Å². The zero-order chi connectivity index (χ0) is 15.2. The SMILES string of the molecule is O=C(N[C@@H]1CCc2nccn2C1)C1(c2ccc(F)cc2)CC1. The summed E-state index contributed by atoms with van der Waals surface area (Å²) in [6.45, 7) is 0.778. The molecule has 0 bridgehead atoms. The Bertz CT molecular complexity index is 703. The number of hydrogen-bond acceptors (Lipinski definition) is 2. The normalized spacial score (nSPS) is 22.0. The maximum absolute atomic E-state index is 13.1. The average Bonchev–Trinajstić information content (AvgIpc) is 3.20. The minimum atomic E-state index is -0.442. The standard InChI is InChI=1S/C17H18FN3O/c18-13-3-1-12(2-4-13)17(7-8-17)16(22)20-14-5-6-15-19-9-10-21(15)11-14/h1-4,9-10,14H,5-8,11H2,(H,20,22)/t14-/m1/s1. The second-order valence-electron chi connectivity index (χ2n) is 6.29. The third-order valence-electron chi connectivity index (χ3n) is 4.85. The number of nitrogens with one attached hydrogen (secondary N) is 1. The average molecular weight is 299 g/mol. The van der Waals surface area contributed by atoms with Crippen molar-refractivity contribution >= 4 is 5.91 Å². The van der Waals surface area contributed by atoms with Crippen molar-refractivity contribution in [2.75, 3.05) is 0 Å². The van der Waals surface area contributed by atoms with Crippen LogP contribution in [0.4, 0.5) is 4.39 Å². The summed E-state index contributed by atoms with van der Waals surface area (Å²) in [6, 6.07) is 6.47. The second kappa shape index (κ2) is 4.93. The highest BCUT2D eigenvalue weighted by molar-refractivity contribution is 5.91. The molecule has 1 aliphatic heterocycles. The van der Waals surface area contributed by atoms with Crippen LogP contribution in [0.15, 0.2) is 36.7 Å². The topological polar surface area (TPSA) is 46.9 Å². The summed E-state index contributed by atoms with van der Waals surface area (Å²) in [7, 11) is 0. The second-order valence-corrected chi connectivity index (χ2v) is 6.29. The molecule has 4 rings (SSSR count). The highest BCUT2D eigenvalue weighted by Crippen LogP contribution is 2.48. The molecule has 1 atom stereocenters. The van der Waals surface area contributed by atoms with Crippen molar-refractivity contribution in [2.45, 2.75) is 43.7 Å². The van der Waals surface area contributed by atoms with Crippen LogP contribution in [-0.2, 0) is 23.2 Å². The third kappa shape index (κ3) is 2.21. The van der Waals surface area contributed by atoms with E-state index >= 15 is 0 Å². The molecule has 0 spiro atoms. The lowest BCUT2D eigenvalue weighted by atomic mass is 9.94. The number of halogens is 1. The lowest BCUT2D eigenvalue weighted by molar-refractivity contribution is -0.124. The Morgan fingerprint density at radius 2 is 2.09 bits per heavy atom. The maximum atomic E-state index is 13.1. The van der Waals surface area contributed by atoms with E-state index in [1.165, 1.54) is 12.1 Å². The zero-order valence-corrected chi connectivity index (χ0v) is 12.3. The first-order valence-electron chi connectivity index (χ1n) is 7.74. The molecular weight excluding hydrogens is 281 g/mol. The molecule has 1 fully saturated rings. The van der Waals surface area contributed by atoms with Crippen LogP contribution >= 0.6 is 0 Å². The number of benzene rings is 1. The molecule has 0 saturated heterocycles. The molecule has 1 saturated carbocycles. The van der Waals surface area contributed by atoms with Gasteiger partial charge >= 0.3 is 0 Å². The van der Waals surface area contributed by atoms with Crippen molar-refractivity contribution in [3.8, 4) is 0 Å². The molecule has 2 heterocycles. The molecule has 4 nitrogen and oxygen atoms in total. The lowest BCUT2D eigenvalue weighted by Crippen LogP contribution is -2.45. The summed E-state index contributed by atoms with van der Waals surface area (Å²) in [5.74, 6) is 0.901. The number of amides is 1. The van der Waals surface area contributed by atoms with E-state index in [0.29, 0.717) is 0 Å². The van der Waals surface area contributed by atoms with Gasteiger partial charge in [-0.3, -0.25) is 4.79 Å². The molecule has 1 aromatic heterocycles. The first kappa shape index (κ1) is 13.5. The summed E-state index contributed by atoms with van der Waals surface area (Å²) < 4.78 is 15.2. The molecule has 1 amide bonds. The van der Waals surface area contributed by atoms with E-state index in [4.69, 9.17) is 0 Å². The van der Waals surface area contributed by atoms with Gasteiger partial charge in [0.25, 0.3) is 0 Å². The smallest absolute Gasteiger partial charge is 0.230 e. The van der Waals surface area contributed by atoms with Gasteiger partial charge in [0.05, 0.1) is 5.41 Å². The van der Waals surface area contributed by atoms with Crippen molar-refractivity contribution in [3.63, 3.8) is 0 Å². The van der Waals surface area contributed by atoms with E-state index in [0.717, 1.165) is 43.6 Å². The van der Waals surface area contributed by atoms with Gasteiger partial charge in [0.15, 0.2) is 0 Å². The molecule has 2 aromatic rings. The first-order valence-corrected chi connectivity index (χ1v) is 7.74. The zero-order valence-electron chi connectivity index (χ0n) is 12.3. The van der Waals surface area contributed by atoms with Gasteiger partial charge in [-0.2, -0.15) is 0 Å². The van der Waals surface area contributed by atoms with Gasteiger partial charge in [-0.25, -0.2) is 9.37 Å². The van der Waals surface area contributed by atoms with E-state index < -0.39 is 5.41 Å². The number of carbonyl (C=O) groups is 1. The summed E-state index contributed by atoms with van der Waals surface area (Å²) in [5, 5.41) is 3.18. The maximum Gasteiger partial charge on any atom is 0.230 e. The van der Waals surface area contributed by atoms with Gasteiger partial charge in [0.1, 0.15) is 11.6 Å². The fraction of sp³-hybridized carbons (Fsp3) is 0.412. The number of nitrogens with zero attached hydrogens (tertiary/aromatic N) is 2. The molecule has 1 aromatic carbocycles. The predicted octanol–water partition coefficient (Wildman–Crippen LogP) is 2.18. The largest absolute Gasteiger partial charge is 0.351 e. The Kier molecular flexibility index (Phi) is 3.03. The van der Waals surface area contributed by atoms with Gasteiger partial charge in [-0.15, -0.1) is 0 Å². The number of carbonyl (C=O) groups excluding carboxylic acids is 1. The number of aryl methyl sites for hydroxylation is 1. The summed E-state index contributed by atoms with van der Waals surface area (Å²) in [6.07, 6.45) is 7.26. The van der Waals surface area contributed by atoms with Crippen molar-refractivity contribution in [2.24, 2.45) is 0 Å².